The van der Waals surface area contributed by atoms with Crippen molar-refractivity contribution in [3.8, 4) is 0 Å². The lowest BCUT2D eigenvalue weighted by Crippen LogP contribution is -2.09. The van der Waals surface area contributed by atoms with Crippen LogP contribution in [0, 0.1) is 0 Å². The van der Waals surface area contributed by atoms with Crippen molar-refractivity contribution in [1.29, 1.82) is 0 Å². The van der Waals surface area contributed by atoms with Crippen LogP contribution in [0.15, 0.2) is 47.1 Å². The Balaban J connectivity index is 2.01. The summed E-state index contributed by atoms with van der Waals surface area (Å²) >= 11 is 7.74. The van der Waals surface area contributed by atoms with Gasteiger partial charge in [-0.15, -0.1) is 11.8 Å². The zero-order valence-corrected chi connectivity index (χ0v) is 10.9. The summed E-state index contributed by atoms with van der Waals surface area (Å²) in [5.74, 6) is 1.79. The van der Waals surface area contributed by atoms with E-state index >= 15 is 0 Å². The first kappa shape index (κ1) is 12.6. The summed E-state index contributed by atoms with van der Waals surface area (Å²) in [5.41, 5.74) is 6.96. The van der Waals surface area contributed by atoms with Crippen LogP contribution in [0.4, 0.5) is 0 Å². The molecule has 0 aliphatic rings. The van der Waals surface area contributed by atoms with Gasteiger partial charge in [0.15, 0.2) is 0 Å². The second kappa shape index (κ2) is 6.15. The van der Waals surface area contributed by atoms with Crippen molar-refractivity contribution >= 4 is 23.4 Å². The van der Waals surface area contributed by atoms with E-state index in [1.165, 1.54) is 0 Å². The quantitative estimate of drug-likeness (QED) is 0.894. The minimum absolute atomic E-state index is 0.249. The molecule has 17 heavy (non-hydrogen) atoms. The summed E-state index contributed by atoms with van der Waals surface area (Å²) in [6, 6.07) is 11.7. The highest BCUT2D eigenvalue weighted by molar-refractivity contribution is 7.98. The number of rotatable bonds is 5. The van der Waals surface area contributed by atoms with E-state index in [0.717, 1.165) is 22.1 Å². The molecule has 0 fully saturated rings. The molecular weight excluding hydrogens is 254 g/mol. The highest BCUT2D eigenvalue weighted by atomic mass is 35.5. The highest BCUT2D eigenvalue weighted by Crippen LogP contribution is 2.31. The molecule has 1 heterocycles. The SMILES string of the molecule is NCC(SCc1ccco1)c1cccc(Cl)c1. The molecule has 0 saturated carbocycles. The molecule has 2 nitrogen and oxygen atoms in total. The van der Waals surface area contributed by atoms with E-state index in [-0.39, 0.29) is 5.25 Å². The van der Waals surface area contributed by atoms with Crippen molar-refractivity contribution in [2.24, 2.45) is 5.73 Å². The minimum Gasteiger partial charge on any atom is -0.468 e. The summed E-state index contributed by atoms with van der Waals surface area (Å²) in [4.78, 5) is 0. The Bertz CT molecular complexity index is 458. The third-order valence-electron chi connectivity index (χ3n) is 2.44. The molecule has 4 heteroatoms. The van der Waals surface area contributed by atoms with Gasteiger partial charge in [0.1, 0.15) is 5.76 Å². The highest BCUT2D eigenvalue weighted by Gasteiger charge is 2.11. The number of nitrogens with two attached hydrogens (primary N) is 1. The van der Waals surface area contributed by atoms with Crippen LogP contribution in [0.5, 0.6) is 0 Å². The molecule has 0 spiro atoms. The van der Waals surface area contributed by atoms with Crippen molar-refractivity contribution in [3.63, 3.8) is 0 Å². The van der Waals surface area contributed by atoms with E-state index in [4.69, 9.17) is 21.8 Å². The number of furan rings is 1. The van der Waals surface area contributed by atoms with Crippen LogP contribution in [-0.4, -0.2) is 6.54 Å². The Morgan fingerprint density at radius 1 is 1.29 bits per heavy atom. The van der Waals surface area contributed by atoms with E-state index in [1.807, 2.05) is 30.3 Å². The molecular formula is C13H14ClNOS. The summed E-state index contributed by atoms with van der Waals surface area (Å²) in [6.45, 7) is 0.589. The van der Waals surface area contributed by atoms with Gasteiger partial charge in [0.05, 0.1) is 12.0 Å². The first-order chi connectivity index (χ1) is 8.29. The van der Waals surface area contributed by atoms with Crippen LogP contribution in [0.25, 0.3) is 0 Å². The van der Waals surface area contributed by atoms with Gasteiger partial charge in [-0.2, -0.15) is 0 Å². The van der Waals surface area contributed by atoms with Crippen LogP contribution in [0.3, 0.4) is 0 Å². The maximum Gasteiger partial charge on any atom is 0.113 e. The largest absolute Gasteiger partial charge is 0.468 e. The number of thioether (sulfide) groups is 1. The third kappa shape index (κ3) is 3.53. The zero-order chi connectivity index (χ0) is 12.1. The molecule has 2 aromatic rings. The molecule has 0 aliphatic heterocycles. The minimum atomic E-state index is 0.249. The van der Waals surface area contributed by atoms with Gasteiger partial charge in [0, 0.05) is 16.8 Å². The maximum absolute atomic E-state index is 5.98. The standard InChI is InChI=1S/C13H14ClNOS/c14-11-4-1-3-10(7-11)13(8-15)17-9-12-5-2-6-16-12/h1-7,13H,8-9,15H2. The Morgan fingerprint density at radius 2 is 2.18 bits per heavy atom. The molecule has 1 atom stereocenters. The molecule has 0 amide bonds. The maximum atomic E-state index is 5.98. The molecule has 0 aliphatic carbocycles. The van der Waals surface area contributed by atoms with E-state index in [1.54, 1.807) is 18.0 Å². The van der Waals surface area contributed by atoms with Crippen LogP contribution in [0.1, 0.15) is 16.6 Å². The lowest BCUT2D eigenvalue weighted by Gasteiger charge is -2.14. The summed E-state index contributed by atoms with van der Waals surface area (Å²) < 4.78 is 5.30. The van der Waals surface area contributed by atoms with Gasteiger partial charge in [0.25, 0.3) is 0 Å². The normalized spacial score (nSPS) is 12.6. The fraction of sp³-hybridized carbons (Fsp3) is 0.231. The molecule has 1 aromatic heterocycles. The average molecular weight is 268 g/mol. The van der Waals surface area contributed by atoms with Gasteiger partial charge >= 0.3 is 0 Å². The molecule has 90 valence electrons. The fourth-order valence-electron chi connectivity index (χ4n) is 1.58. The molecule has 1 aromatic carbocycles. The Labute approximate surface area is 110 Å². The van der Waals surface area contributed by atoms with Gasteiger partial charge in [-0.25, -0.2) is 0 Å². The van der Waals surface area contributed by atoms with E-state index in [0.29, 0.717) is 6.54 Å². The van der Waals surface area contributed by atoms with Crippen molar-refractivity contribution in [3.05, 3.63) is 59.0 Å². The molecule has 0 bridgehead atoms. The summed E-state index contributed by atoms with van der Waals surface area (Å²) in [6.07, 6.45) is 1.69. The topological polar surface area (TPSA) is 39.2 Å². The number of hydrogen-bond donors (Lipinski definition) is 1. The second-order valence-electron chi connectivity index (χ2n) is 3.67. The van der Waals surface area contributed by atoms with Crippen molar-refractivity contribution in [1.82, 2.24) is 0 Å². The Kier molecular flexibility index (Phi) is 4.54. The summed E-state index contributed by atoms with van der Waals surface area (Å²) in [5, 5.41) is 0.998. The smallest absolute Gasteiger partial charge is 0.113 e. The zero-order valence-electron chi connectivity index (χ0n) is 9.30. The first-order valence-electron chi connectivity index (χ1n) is 5.39. The predicted octanol–water partition coefficient (Wildman–Crippen LogP) is 3.87. The lowest BCUT2D eigenvalue weighted by molar-refractivity contribution is 0.530. The average Bonchev–Trinajstić information content (AvgIpc) is 2.83. The molecule has 0 radical (unpaired) electrons. The van der Waals surface area contributed by atoms with Crippen molar-refractivity contribution < 1.29 is 4.42 Å². The van der Waals surface area contributed by atoms with Crippen LogP contribution in [-0.2, 0) is 5.75 Å². The molecule has 0 saturated heterocycles. The Hall–Kier alpha value is -0.900. The number of benzene rings is 1. The molecule has 2 rings (SSSR count). The monoisotopic (exact) mass is 267 g/mol. The number of halogens is 1. The van der Waals surface area contributed by atoms with Gasteiger partial charge < -0.3 is 10.2 Å². The van der Waals surface area contributed by atoms with Crippen LogP contribution in [0.2, 0.25) is 5.02 Å². The van der Waals surface area contributed by atoms with Gasteiger partial charge in [0.2, 0.25) is 0 Å². The van der Waals surface area contributed by atoms with Gasteiger partial charge in [-0.1, -0.05) is 23.7 Å². The Morgan fingerprint density at radius 3 is 2.82 bits per heavy atom. The van der Waals surface area contributed by atoms with Gasteiger partial charge in [-0.05, 0) is 29.8 Å². The van der Waals surface area contributed by atoms with Crippen LogP contribution < -0.4 is 5.73 Å². The van der Waals surface area contributed by atoms with Crippen molar-refractivity contribution in [2.45, 2.75) is 11.0 Å². The van der Waals surface area contributed by atoms with E-state index in [9.17, 15) is 0 Å². The van der Waals surface area contributed by atoms with Crippen molar-refractivity contribution in [2.75, 3.05) is 6.54 Å². The second-order valence-corrected chi connectivity index (χ2v) is 5.30. The lowest BCUT2D eigenvalue weighted by atomic mass is 10.1. The predicted molar refractivity (Wildman–Crippen MR) is 73.3 cm³/mol. The fourth-order valence-corrected chi connectivity index (χ4v) is 2.79. The third-order valence-corrected chi connectivity index (χ3v) is 3.99. The summed E-state index contributed by atoms with van der Waals surface area (Å²) in [7, 11) is 0. The van der Waals surface area contributed by atoms with Crippen LogP contribution >= 0.6 is 23.4 Å². The number of hydrogen-bond acceptors (Lipinski definition) is 3. The molecule has 2 N–H and O–H groups in total. The van der Waals surface area contributed by atoms with E-state index in [2.05, 4.69) is 6.07 Å². The van der Waals surface area contributed by atoms with E-state index < -0.39 is 0 Å². The first-order valence-corrected chi connectivity index (χ1v) is 6.82. The molecule has 1 unspecified atom stereocenters. The van der Waals surface area contributed by atoms with Gasteiger partial charge in [-0.3, -0.25) is 0 Å².